The fraction of sp³-hybridized carbons (Fsp3) is 0.333. The van der Waals surface area contributed by atoms with Crippen molar-refractivity contribution in [3.05, 3.63) is 41.8 Å². The molecule has 0 saturated carbocycles. The van der Waals surface area contributed by atoms with Gasteiger partial charge in [-0.1, -0.05) is 12.1 Å². The maximum atomic E-state index is 11.4. The van der Waals surface area contributed by atoms with E-state index in [4.69, 9.17) is 13.9 Å². The van der Waals surface area contributed by atoms with Gasteiger partial charge in [0.15, 0.2) is 5.69 Å². The zero-order chi connectivity index (χ0) is 15.1. The minimum atomic E-state index is -0.495. The second-order valence-corrected chi connectivity index (χ2v) is 4.35. The molecule has 0 bridgehead atoms. The lowest BCUT2D eigenvalue weighted by molar-refractivity contribution is 0.0519. The van der Waals surface area contributed by atoms with Crippen molar-refractivity contribution in [1.82, 2.24) is 4.98 Å². The van der Waals surface area contributed by atoms with Crippen molar-refractivity contribution in [2.45, 2.75) is 13.8 Å². The van der Waals surface area contributed by atoms with Crippen LogP contribution in [0.25, 0.3) is 0 Å². The molecule has 6 nitrogen and oxygen atoms in total. The van der Waals surface area contributed by atoms with Gasteiger partial charge in [-0.3, -0.25) is 0 Å². The van der Waals surface area contributed by atoms with Crippen LogP contribution in [0, 0.1) is 6.92 Å². The van der Waals surface area contributed by atoms with E-state index in [-0.39, 0.29) is 11.7 Å². The van der Waals surface area contributed by atoms with E-state index < -0.39 is 5.97 Å². The summed E-state index contributed by atoms with van der Waals surface area (Å²) in [5, 5.41) is 2.94. The van der Waals surface area contributed by atoms with Crippen LogP contribution in [-0.4, -0.2) is 30.7 Å². The van der Waals surface area contributed by atoms with Gasteiger partial charge in [-0.2, -0.15) is 4.98 Å². The molecule has 0 aliphatic heterocycles. The van der Waals surface area contributed by atoms with Crippen molar-refractivity contribution < 1.29 is 18.7 Å². The molecule has 2 aromatic rings. The average Bonchev–Trinajstić information content (AvgIpc) is 2.93. The monoisotopic (exact) mass is 290 g/mol. The number of anilines is 1. The van der Waals surface area contributed by atoms with Crippen molar-refractivity contribution in [3.63, 3.8) is 0 Å². The van der Waals surface area contributed by atoms with Crippen LogP contribution < -0.4 is 10.1 Å². The number of esters is 1. The molecule has 112 valence electrons. The van der Waals surface area contributed by atoms with Crippen LogP contribution in [0.5, 0.6) is 5.75 Å². The lowest BCUT2D eigenvalue weighted by Crippen LogP contribution is -2.12. The van der Waals surface area contributed by atoms with Gasteiger partial charge in [-0.15, -0.1) is 0 Å². The van der Waals surface area contributed by atoms with Gasteiger partial charge in [0.2, 0.25) is 0 Å². The first-order chi connectivity index (χ1) is 10.2. The summed E-state index contributed by atoms with van der Waals surface area (Å²) in [5.74, 6) is 0.321. The number of hydrogen-bond donors (Lipinski definition) is 1. The Morgan fingerprint density at radius 2 is 2.29 bits per heavy atom. The molecule has 1 heterocycles. The van der Waals surface area contributed by atoms with Crippen LogP contribution in [0.15, 0.2) is 34.9 Å². The first-order valence-electron chi connectivity index (χ1n) is 6.75. The minimum Gasteiger partial charge on any atom is -0.492 e. The van der Waals surface area contributed by atoms with Gasteiger partial charge >= 0.3 is 5.97 Å². The molecule has 0 fully saturated rings. The van der Waals surface area contributed by atoms with E-state index in [0.29, 0.717) is 19.8 Å². The molecule has 0 spiro atoms. The molecule has 1 aromatic heterocycles. The van der Waals surface area contributed by atoms with Gasteiger partial charge in [0, 0.05) is 0 Å². The fourth-order valence-electron chi connectivity index (χ4n) is 1.69. The van der Waals surface area contributed by atoms with Gasteiger partial charge in [-0.05, 0) is 31.5 Å². The highest BCUT2D eigenvalue weighted by atomic mass is 16.5. The van der Waals surface area contributed by atoms with Crippen molar-refractivity contribution in [2.75, 3.05) is 25.1 Å². The molecule has 0 aliphatic rings. The Bertz CT molecular complexity index is 595. The zero-order valence-electron chi connectivity index (χ0n) is 12.1. The maximum absolute atomic E-state index is 11.4. The highest BCUT2D eigenvalue weighted by Crippen LogP contribution is 2.12. The van der Waals surface area contributed by atoms with Crippen molar-refractivity contribution >= 4 is 12.0 Å². The van der Waals surface area contributed by atoms with Gasteiger partial charge < -0.3 is 19.2 Å². The number of oxazole rings is 1. The minimum absolute atomic E-state index is 0.152. The maximum Gasteiger partial charge on any atom is 0.360 e. The van der Waals surface area contributed by atoms with Crippen LogP contribution in [0.3, 0.4) is 0 Å². The molecule has 0 saturated heterocycles. The molecule has 0 radical (unpaired) electrons. The number of nitrogens with one attached hydrogen (secondary N) is 1. The smallest absolute Gasteiger partial charge is 0.360 e. The number of aryl methyl sites for hydroxylation is 1. The van der Waals surface area contributed by atoms with E-state index in [0.717, 1.165) is 11.3 Å². The number of carbonyl (C=O) groups is 1. The molecule has 0 amide bonds. The van der Waals surface area contributed by atoms with E-state index in [1.165, 1.54) is 6.26 Å². The predicted octanol–water partition coefficient (Wildman–Crippen LogP) is 2.65. The van der Waals surface area contributed by atoms with Crippen molar-refractivity contribution in [3.8, 4) is 5.75 Å². The van der Waals surface area contributed by atoms with Gasteiger partial charge in [0.05, 0.1) is 13.2 Å². The summed E-state index contributed by atoms with van der Waals surface area (Å²) < 4.78 is 15.5. The summed E-state index contributed by atoms with van der Waals surface area (Å²) in [4.78, 5) is 15.4. The number of hydrogen-bond acceptors (Lipinski definition) is 6. The van der Waals surface area contributed by atoms with Crippen LogP contribution in [0.2, 0.25) is 0 Å². The zero-order valence-corrected chi connectivity index (χ0v) is 12.1. The summed E-state index contributed by atoms with van der Waals surface area (Å²) in [7, 11) is 0. The summed E-state index contributed by atoms with van der Waals surface area (Å²) in [6, 6.07) is 8.08. The molecule has 0 aliphatic carbocycles. The van der Waals surface area contributed by atoms with E-state index in [1.54, 1.807) is 6.92 Å². The molecular formula is C15H18N2O4. The Morgan fingerprint density at radius 1 is 1.43 bits per heavy atom. The van der Waals surface area contributed by atoms with Crippen molar-refractivity contribution in [1.29, 1.82) is 0 Å². The van der Waals surface area contributed by atoms with E-state index in [2.05, 4.69) is 10.3 Å². The van der Waals surface area contributed by atoms with Crippen LogP contribution in [0.4, 0.5) is 6.01 Å². The molecule has 21 heavy (non-hydrogen) atoms. The Hall–Kier alpha value is -2.50. The third-order valence-corrected chi connectivity index (χ3v) is 2.63. The summed E-state index contributed by atoms with van der Waals surface area (Å²) in [5.41, 5.74) is 1.30. The Morgan fingerprint density at radius 3 is 3.05 bits per heavy atom. The summed E-state index contributed by atoms with van der Waals surface area (Å²) in [6.45, 7) is 5.02. The third-order valence-electron chi connectivity index (χ3n) is 2.63. The van der Waals surface area contributed by atoms with Crippen LogP contribution in [-0.2, 0) is 4.74 Å². The van der Waals surface area contributed by atoms with E-state index >= 15 is 0 Å². The Labute approximate surface area is 123 Å². The molecule has 0 atom stereocenters. The Balaban J connectivity index is 1.75. The number of nitrogens with zero attached hydrogens (tertiary/aromatic N) is 1. The topological polar surface area (TPSA) is 73.6 Å². The molecular weight excluding hydrogens is 272 g/mol. The predicted molar refractivity (Wildman–Crippen MR) is 77.6 cm³/mol. The van der Waals surface area contributed by atoms with E-state index in [9.17, 15) is 4.79 Å². The lowest BCUT2D eigenvalue weighted by atomic mass is 10.2. The Kier molecular flexibility index (Phi) is 5.20. The molecule has 1 N–H and O–H groups in total. The molecule has 6 heteroatoms. The third kappa shape index (κ3) is 4.52. The molecule has 1 aromatic carbocycles. The highest BCUT2D eigenvalue weighted by molar-refractivity contribution is 5.87. The second-order valence-electron chi connectivity index (χ2n) is 4.35. The van der Waals surface area contributed by atoms with Crippen LogP contribution >= 0.6 is 0 Å². The van der Waals surface area contributed by atoms with Gasteiger partial charge in [0.25, 0.3) is 6.01 Å². The molecule has 0 unspecified atom stereocenters. The number of aromatic nitrogens is 1. The average molecular weight is 290 g/mol. The number of ether oxygens (including phenoxy) is 2. The van der Waals surface area contributed by atoms with Gasteiger partial charge in [0.1, 0.15) is 18.6 Å². The second kappa shape index (κ2) is 7.33. The summed E-state index contributed by atoms with van der Waals surface area (Å²) in [6.07, 6.45) is 1.27. The molecule has 2 rings (SSSR count). The standard InChI is InChI=1S/C15H18N2O4/c1-3-19-14(18)13-10-21-15(17-13)16-7-8-20-12-6-4-5-11(2)9-12/h4-6,9-10H,3,7-8H2,1-2H3,(H,16,17). The first-order valence-corrected chi connectivity index (χ1v) is 6.75. The SMILES string of the molecule is CCOC(=O)c1coc(NCCOc2cccc(C)c2)n1. The largest absolute Gasteiger partial charge is 0.492 e. The highest BCUT2D eigenvalue weighted by Gasteiger charge is 2.12. The number of carbonyl (C=O) groups excluding carboxylic acids is 1. The van der Waals surface area contributed by atoms with Crippen molar-refractivity contribution in [2.24, 2.45) is 0 Å². The van der Waals surface area contributed by atoms with E-state index in [1.807, 2.05) is 31.2 Å². The van der Waals surface area contributed by atoms with Crippen LogP contribution in [0.1, 0.15) is 23.0 Å². The lowest BCUT2D eigenvalue weighted by Gasteiger charge is -2.06. The fourth-order valence-corrected chi connectivity index (χ4v) is 1.69. The quantitative estimate of drug-likeness (QED) is 0.624. The van der Waals surface area contributed by atoms with Gasteiger partial charge in [-0.25, -0.2) is 4.79 Å². The first kappa shape index (κ1) is 14.9. The number of benzene rings is 1. The normalized spacial score (nSPS) is 10.2. The summed E-state index contributed by atoms with van der Waals surface area (Å²) >= 11 is 0. The number of rotatable bonds is 7.